The van der Waals surface area contributed by atoms with Gasteiger partial charge in [-0.1, -0.05) is 0 Å². The monoisotopic (exact) mass is 233 g/mol. The molecular formula is C6H14Cl3N3. The molecule has 1 rings (SSSR count). The van der Waals surface area contributed by atoms with Crippen LogP contribution in [0.15, 0.2) is 18.5 Å². The van der Waals surface area contributed by atoms with Crippen molar-refractivity contribution in [3.05, 3.63) is 18.5 Å². The Hall–Kier alpha value is 0.0400. The lowest BCUT2D eigenvalue weighted by atomic mass is 10.4. The summed E-state index contributed by atoms with van der Waals surface area (Å²) in [5.41, 5.74) is 5.30. The lowest BCUT2D eigenvalue weighted by Gasteiger charge is -1.96. The smallest absolute Gasteiger partial charge is 0.0489 e. The van der Waals surface area contributed by atoms with E-state index in [2.05, 4.69) is 5.10 Å². The van der Waals surface area contributed by atoms with Crippen LogP contribution < -0.4 is 5.73 Å². The van der Waals surface area contributed by atoms with E-state index in [-0.39, 0.29) is 37.2 Å². The molecule has 0 unspecified atom stereocenters. The van der Waals surface area contributed by atoms with Gasteiger partial charge in [0.2, 0.25) is 0 Å². The predicted octanol–water partition coefficient (Wildman–Crippen LogP) is 1.50. The second-order valence-electron chi connectivity index (χ2n) is 1.91. The normalized spacial score (nSPS) is 7.42. The molecule has 0 amide bonds. The maximum Gasteiger partial charge on any atom is 0.0489 e. The van der Waals surface area contributed by atoms with Crippen molar-refractivity contribution in [1.29, 1.82) is 0 Å². The van der Waals surface area contributed by atoms with Crippen molar-refractivity contribution in [2.24, 2.45) is 5.73 Å². The molecule has 0 aliphatic heterocycles. The molecule has 3 nitrogen and oxygen atoms in total. The zero-order chi connectivity index (χ0) is 6.53. The number of aryl methyl sites for hydroxylation is 1. The van der Waals surface area contributed by atoms with Crippen LogP contribution in [0.3, 0.4) is 0 Å². The van der Waals surface area contributed by atoms with Gasteiger partial charge in [-0.25, -0.2) is 0 Å². The van der Waals surface area contributed by atoms with Crippen LogP contribution >= 0.6 is 37.2 Å². The van der Waals surface area contributed by atoms with Crippen LogP contribution in [0.4, 0.5) is 0 Å². The van der Waals surface area contributed by atoms with E-state index >= 15 is 0 Å². The fraction of sp³-hybridized carbons (Fsp3) is 0.500. The minimum atomic E-state index is 0. The van der Waals surface area contributed by atoms with E-state index < -0.39 is 0 Å². The average molecular weight is 235 g/mol. The summed E-state index contributed by atoms with van der Waals surface area (Å²) in [5.74, 6) is 0. The first-order valence-electron chi connectivity index (χ1n) is 3.11. The third kappa shape index (κ3) is 6.73. The van der Waals surface area contributed by atoms with Crippen molar-refractivity contribution in [2.75, 3.05) is 6.54 Å². The van der Waals surface area contributed by atoms with E-state index in [1.165, 1.54) is 0 Å². The molecule has 6 heteroatoms. The standard InChI is InChI=1S/C6H11N3.3ClH/c7-3-1-5-9-6-2-4-8-9;;;/h2,4,6H,1,3,5,7H2;3*1H. The van der Waals surface area contributed by atoms with Gasteiger partial charge in [0.15, 0.2) is 0 Å². The first-order chi connectivity index (χ1) is 4.43. The topological polar surface area (TPSA) is 43.8 Å². The highest BCUT2D eigenvalue weighted by molar-refractivity contribution is 5.86. The van der Waals surface area contributed by atoms with Crippen LogP contribution in [0.2, 0.25) is 0 Å². The number of aromatic nitrogens is 2. The Labute approximate surface area is 90.9 Å². The highest BCUT2D eigenvalue weighted by Crippen LogP contribution is 1.85. The average Bonchev–Trinajstić information content (AvgIpc) is 2.34. The molecule has 0 saturated carbocycles. The predicted molar refractivity (Wildman–Crippen MR) is 57.6 cm³/mol. The molecule has 1 aromatic heterocycles. The maximum absolute atomic E-state index is 5.30. The number of nitrogens with zero attached hydrogens (tertiary/aromatic N) is 2. The molecular weight excluding hydrogens is 220 g/mol. The van der Waals surface area contributed by atoms with E-state index in [1.54, 1.807) is 6.20 Å². The van der Waals surface area contributed by atoms with Gasteiger partial charge in [-0.05, 0) is 19.0 Å². The highest BCUT2D eigenvalue weighted by atomic mass is 35.5. The molecule has 0 saturated heterocycles. The second kappa shape index (κ2) is 11.0. The van der Waals surface area contributed by atoms with Crippen molar-refractivity contribution in [3.8, 4) is 0 Å². The van der Waals surface area contributed by atoms with Gasteiger partial charge in [0.05, 0.1) is 0 Å². The van der Waals surface area contributed by atoms with Crippen LogP contribution in [-0.2, 0) is 6.54 Å². The molecule has 12 heavy (non-hydrogen) atoms. The van der Waals surface area contributed by atoms with Crippen molar-refractivity contribution in [3.63, 3.8) is 0 Å². The summed E-state index contributed by atoms with van der Waals surface area (Å²) < 4.78 is 1.88. The van der Waals surface area contributed by atoms with Gasteiger partial charge in [-0.2, -0.15) is 5.10 Å². The Bertz CT molecular complexity index is 155. The Kier molecular flexibility index (Phi) is 16.5. The molecule has 1 heterocycles. The molecule has 0 bridgehead atoms. The first kappa shape index (κ1) is 18.0. The van der Waals surface area contributed by atoms with Crippen molar-refractivity contribution in [2.45, 2.75) is 13.0 Å². The van der Waals surface area contributed by atoms with Crippen molar-refractivity contribution < 1.29 is 0 Å². The molecule has 0 fully saturated rings. The molecule has 1 aromatic rings. The molecule has 0 radical (unpaired) electrons. The van der Waals surface area contributed by atoms with Crippen LogP contribution in [0, 0.1) is 0 Å². The summed E-state index contributed by atoms with van der Waals surface area (Å²) in [6.45, 7) is 1.67. The second-order valence-corrected chi connectivity index (χ2v) is 1.91. The maximum atomic E-state index is 5.30. The largest absolute Gasteiger partial charge is 0.330 e. The number of rotatable bonds is 3. The van der Waals surface area contributed by atoms with E-state index in [9.17, 15) is 0 Å². The number of hydrogen-bond acceptors (Lipinski definition) is 2. The van der Waals surface area contributed by atoms with Crippen LogP contribution in [-0.4, -0.2) is 16.3 Å². The number of halogens is 3. The third-order valence-electron chi connectivity index (χ3n) is 1.15. The lowest BCUT2D eigenvalue weighted by molar-refractivity contribution is 0.585. The van der Waals surface area contributed by atoms with Gasteiger partial charge in [0.1, 0.15) is 0 Å². The fourth-order valence-corrected chi connectivity index (χ4v) is 0.686. The van der Waals surface area contributed by atoms with Crippen molar-refractivity contribution >= 4 is 37.2 Å². The summed E-state index contributed by atoms with van der Waals surface area (Å²) in [7, 11) is 0. The number of nitrogens with two attached hydrogens (primary N) is 1. The van der Waals surface area contributed by atoms with Gasteiger partial charge < -0.3 is 5.73 Å². The van der Waals surface area contributed by atoms with E-state index in [0.717, 1.165) is 19.5 Å². The van der Waals surface area contributed by atoms with Gasteiger partial charge in [-0.3, -0.25) is 4.68 Å². The van der Waals surface area contributed by atoms with Gasteiger partial charge >= 0.3 is 0 Å². The van der Waals surface area contributed by atoms with Gasteiger partial charge in [0.25, 0.3) is 0 Å². The minimum absolute atomic E-state index is 0. The van der Waals surface area contributed by atoms with Crippen LogP contribution in [0.25, 0.3) is 0 Å². The lowest BCUT2D eigenvalue weighted by Crippen LogP contribution is -2.05. The molecule has 0 spiro atoms. The minimum Gasteiger partial charge on any atom is -0.330 e. The summed E-state index contributed by atoms with van der Waals surface area (Å²) >= 11 is 0. The van der Waals surface area contributed by atoms with Crippen LogP contribution in [0.1, 0.15) is 6.42 Å². The zero-order valence-electron chi connectivity index (χ0n) is 6.55. The fourth-order valence-electron chi connectivity index (χ4n) is 0.686. The first-order valence-corrected chi connectivity index (χ1v) is 3.11. The third-order valence-corrected chi connectivity index (χ3v) is 1.15. The molecule has 0 aromatic carbocycles. The molecule has 0 aliphatic rings. The van der Waals surface area contributed by atoms with Crippen LogP contribution in [0.5, 0.6) is 0 Å². The molecule has 74 valence electrons. The SMILES string of the molecule is Cl.Cl.Cl.NCCCn1cccn1. The van der Waals surface area contributed by atoms with E-state index in [0.29, 0.717) is 0 Å². The molecule has 0 atom stereocenters. The summed E-state index contributed by atoms with van der Waals surface area (Å²) in [4.78, 5) is 0. The summed E-state index contributed by atoms with van der Waals surface area (Å²) in [6.07, 6.45) is 4.72. The van der Waals surface area contributed by atoms with Crippen molar-refractivity contribution in [1.82, 2.24) is 9.78 Å². The van der Waals surface area contributed by atoms with E-state index in [4.69, 9.17) is 5.73 Å². The molecule has 2 N–H and O–H groups in total. The Morgan fingerprint density at radius 3 is 2.33 bits per heavy atom. The highest BCUT2D eigenvalue weighted by Gasteiger charge is 1.85. The van der Waals surface area contributed by atoms with Gasteiger partial charge in [0, 0.05) is 18.9 Å². The summed E-state index contributed by atoms with van der Waals surface area (Å²) in [6, 6.07) is 1.91. The quantitative estimate of drug-likeness (QED) is 0.861. The van der Waals surface area contributed by atoms with E-state index in [1.807, 2.05) is 16.9 Å². The molecule has 0 aliphatic carbocycles. The Morgan fingerprint density at radius 1 is 1.25 bits per heavy atom. The summed E-state index contributed by atoms with van der Waals surface area (Å²) in [5, 5.41) is 4.01. The zero-order valence-corrected chi connectivity index (χ0v) is 9.00. The van der Waals surface area contributed by atoms with Gasteiger partial charge in [-0.15, -0.1) is 37.2 Å². The number of hydrogen-bond donors (Lipinski definition) is 1. The Morgan fingerprint density at radius 2 is 1.92 bits per heavy atom. The Balaban J connectivity index is -0.000000270.